The van der Waals surface area contributed by atoms with Crippen molar-refractivity contribution < 1.29 is 9.63 Å². The van der Waals surface area contributed by atoms with E-state index < -0.39 is 5.60 Å². The highest BCUT2D eigenvalue weighted by Gasteiger charge is 2.25. The minimum Gasteiger partial charge on any atom is -0.371 e. The minimum atomic E-state index is -1.43. The van der Waals surface area contributed by atoms with E-state index in [1.54, 1.807) is 6.92 Å². The van der Waals surface area contributed by atoms with E-state index in [-0.39, 0.29) is 5.82 Å². The molecule has 1 aromatic rings. The molecule has 0 amide bonds. The van der Waals surface area contributed by atoms with Gasteiger partial charge in [0.25, 0.3) is 0 Å². The van der Waals surface area contributed by atoms with Crippen LogP contribution in [0.15, 0.2) is 4.52 Å². The molecule has 1 aromatic heterocycles. The van der Waals surface area contributed by atoms with Gasteiger partial charge in [-0.3, -0.25) is 0 Å². The summed E-state index contributed by atoms with van der Waals surface area (Å²) in [4.78, 5) is 3.78. The summed E-state index contributed by atoms with van der Waals surface area (Å²) in [5.74, 6) is 2.65. The molecule has 1 N–H and O–H groups in total. The molecular weight excluding hydrogens is 144 g/mol. The Bertz CT molecular complexity index is 296. The fraction of sp³-hybridized carbons (Fsp3) is 0.429. The van der Waals surface area contributed by atoms with Gasteiger partial charge in [-0.25, -0.2) is 0 Å². The van der Waals surface area contributed by atoms with Crippen molar-refractivity contribution >= 4 is 0 Å². The normalized spacial score (nSPS) is 15.5. The van der Waals surface area contributed by atoms with E-state index in [2.05, 4.69) is 20.6 Å². The Labute approximate surface area is 64.2 Å². The molecule has 11 heavy (non-hydrogen) atoms. The van der Waals surface area contributed by atoms with Crippen LogP contribution in [0.2, 0.25) is 0 Å². The highest BCUT2D eigenvalue weighted by molar-refractivity contribution is 5.14. The van der Waals surface area contributed by atoms with Crippen LogP contribution in [0.4, 0.5) is 0 Å². The maximum Gasteiger partial charge on any atom is 0.223 e. The van der Waals surface area contributed by atoms with E-state index in [4.69, 9.17) is 6.42 Å². The van der Waals surface area contributed by atoms with Crippen LogP contribution in [0.25, 0.3) is 0 Å². The maximum atomic E-state index is 9.39. The van der Waals surface area contributed by atoms with Gasteiger partial charge in [-0.05, 0) is 6.92 Å². The second kappa shape index (κ2) is 2.36. The summed E-state index contributed by atoms with van der Waals surface area (Å²) in [6.45, 7) is 3.06. The van der Waals surface area contributed by atoms with E-state index in [0.29, 0.717) is 5.89 Å². The van der Waals surface area contributed by atoms with Gasteiger partial charge in [0.1, 0.15) is 0 Å². The molecule has 0 aliphatic carbocycles. The fourth-order valence-corrected chi connectivity index (χ4v) is 0.562. The number of hydrogen-bond acceptors (Lipinski definition) is 4. The van der Waals surface area contributed by atoms with Crippen LogP contribution in [0.5, 0.6) is 0 Å². The van der Waals surface area contributed by atoms with Gasteiger partial charge < -0.3 is 9.63 Å². The summed E-state index contributed by atoms with van der Waals surface area (Å²) in [6, 6.07) is 0. The molecular formula is C7H8N2O2. The van der Waals surface area contributed by atoms with Crippen molar-refractivity contribution in [3.05, 3.63) is 11.7 Å². The highest BCUT2D eigenvalue weighted by atomic mass is 16.5. The average molecular weight is 152 g/mol. The summed E-state index contributed by atoms with van der Waals surface area (Å²) in [7, 11) is 0. The van der Waals surface area contributed by atoms with Gasteiger partial charge in [-0.15, -0.1) is 6.42 Å². The monoisotopic (exact) mass is 152 g/mol. The molecule has 0 fully saturated rings. The van der Waals surface area contributed by atoms with Crippen LogP contribution in [-0.2, 0) is 5.60 Å². The Hall–Kier alpha value is -1.34. The van der Waals surface area contributed by atoms with E-state index >= 15 is 0 Å². The van der Waals surface area contributed by atoms with E-state index in [1.165, 1.54) is 6.92 Å². The number of aromatic nitrogens is 2. The molecule has 0 aromatic carbocycles. The first-order chi connectivity index (χ1) is 5.06. The summed E-state index contributed by atoms with van der Waals surface area (Å²) in [5.41, 5.74) is -1.43. The molecule has 0 spiro atoms. The lowest BCUT2D eigenvalue weighted by atomic mass is 10.1. The van der Waals surface area contributed by atoms with Crippen molar-refractivity contribution in [3.8, 4) is 12.3 Å². The third-order valence-corrected chi connectivity index (χ3v) is 1.24. The molecule has 1 atom stereocenters. The first-order valence-corrected chi connectivity index (χ1v) is 3.07. The fourth-order valence-electron chi connectivity index (χ4n) is 0.562. The van der Waals surface area contributed by atoms with Gasteiger partial charge in [0.2, 0.25) is 11.7 Å². The van der Waals surface area contributed by atoms with E-state index in [9.17, 15) is 5.11 Å². The van der Waals surface area contributed by atoms with Gasteiger partial charge in [-0.1, -0.05) is 11.1 Å². The third kappa shape index (κ3) is 1.38. The number of aliphatic hydroxyl groups is 1. The zero-order chi connectivity index (χ0) is 8.48. The molecule has 0 bridgehead atoms. The van der Waals surface area contributed by atoms with Crippen LogP contribution in [0, 0.1) is 19.3 Å². The van der Waals surface area contributed by atoms with Crippen LogP contribution in [-0.4, -0.2) is 15.2 Å². The zero-order valence-corrected chi connectivity index (χ0v) is 6.33. The number of aryl methyl sites for hydroxylation is 1. The van der Waals surface area contributed by atoms with Crippen molar-refractivity contribution in [2.24, 2.45) is 0 Å². The Kier molecular flexibility index (Phi) is 1.67. The SMILES string of the molecule is C#C[C@](C)(O)c1noc(C)n1. The topological polar surface area (TPSA) is 59.2 Å². The predicted octanol–water partition coefficient (Wildman–Crippen LogP) is 0.219. The smallest absolute Gasteiger partial charge is 0.223 e. The van der Waals surface area contributed by atoms with E-state index in [0.717, 1.165) is 0 Å². The van der Waals surface area contributed by atoms with Gasteiger partial charge in [0.15, 0.2) is 5.60 Å². The van der Waals surface area contributed by atoms with Crippen molar-refractivity contribution in [1.29, 1.82) is 0 Å². The predicted molar refractivity (Wildman–Crippen MR) is 37.4 cm³/mol. The van der Waals surface area contributed by atoms with Crippen molar-refractivity contribution in [3.63, 3.8) is 0 Å². The largest absolute Gasteiger partial charge is 0.371 e. The van der Waals surface area contributed by atoms with Crippen molar-refractivity contribution in [2.75, 3.05) is 0 Å². The lowest BCUT2D eigenvalue weighted by Gasteiger charge is -2.08. The number of hydrogen-bond donors (Lipinski definition) is 1. The number of nitrogens with zero attached hydrogens (tertiary/aromatic N) is 2. The minimum absolute atomic E-state index is 0.123. The van der Waals surface area contributed by atoms with Crippen LogP contribution in [0.3, 0.4) is 0 Å². The van der Waals surface area contributed by atoms with Crippen molar-refractivity contribution in [2.45, 2.75) is 19.4 Å². The maximum absolute atomic E-state index is 9.39. The molecule has 58 valence electrons. The zero-order valence-electron chi connectivity index (χ0n) is 6.33. The van der Waals surface area contributed by atoms with Gasteiger partial charge in [0.05, 0.1) is 0 Å². The van der Waals surface area contributed by atoms with Crippen LogP contribution in [0.1, 0.15) is 18.6 Å². The molecule has 1 rings (SSSR count). The number of terminal acetylenes is 1. The second-order valence-corrected chi connectivity index (χ2v) is 2.35. The van der Waals surface area contributed by atoms with Gasteiger partial charge in [0, 0.05) is 6.92 Å². The van der Waals surface area contributed by atoms with E-state index in [1.807, 2.05) is 0 Å². The van der Waals surface area contributed by atoms with Crippen LogP contribution >= 0.6 is 0 Å². The average Bonchev–Trinajstić information content (AvgIpc) is 2.36. The molecule has 0 saturated carbocycles. The Morgan fingerprint density at radius 3 is 2.73 bits per heavy atom. The summed E-state index contributed by atoms with van der Waals surface area (Å²) >= 11 is 0. The van der Waals surface area contributed by atoms with Gasteiger partial charge >= 0.3 is 0 Å². The second-order valence-electron chi connectivity index (χ2n) is 2.35. The molecule has 1 heterocycles. The quantitative estimate of drug-likeness (QED) is 0.585. The standard InChI is InChI=1S/C7H8N2O2/c1-4-7(3,10)6-8-5(2)11-9-6/h1,10H,2-3H3/t7-/m0/s1. The highest BCUT2D eigenvalue weighted by Crippen LogP contribution is 2.14. The number of rotatable bonds is 1. The summed E-state index contributed by atoms with van der Waals surface area (Å²) in [6.07, 6.45) is 5.03. The Morgan fingerprint density at radius 2 is 2.36 bits per heavy atom. The molecule has 0 saturated heterocycles. The first-order valence-electron chi connectivity index (χ1n) is 3.07. The van der Waals surface area contributed by atoms with Crippen molar-refractivity contribution in [1.82, 2.24) is 10.1 Å². The Balaban J connectivity index is 3.04. The van der Waals surface area contributed by atoms with Gasteiger partial charge in [-0.2, -0.15) is 4.98 Å². The molecule has 4 heteroatoms. The lowest BCUT2D eigenvalue weighted by molar-refractivity contribution is 0.109. The summed E-state index contributed by atoms with van der Waals surface area (Å²) < 4.78 is 4.64. The first kappa shape index (κ1) is 7.76. The van der Waals surface area contributed by atoms with Crippen LogP contribution < -0.4 is 0 Å². The molecule has 0 unspecified atom stereocenters. The lowest BCUT2D eigenvalue weighted by Crippen LogP contribution is -2.19. The third-order valence-electron chi connectivity index (χ3n) is 1.24. The molecule has 4 nitrogen and oxygen atoms in total. The molecule has 0 aliphatic heterocycles. The summed E-state index contributed by atoms with van der Waals surface area (Å²) in [5, 5.41) is 12.9. The molecule has 0 aliphatic rings. The Morgan fingerprint density at radius 1 is 1.73 bits per heavy atom. The molecule has 0 radical (unpaired) electrons.